The second-order valence-corrected chi connectivity index (χ2v) is 11.1. The molecule has 1 aromatic rings. The average Bonchev–Trinajstić information content (AvgIpc) is 3.16. The number of thioether (sulfide) groups is 1. The van der Waals surface area contributed by atoms with Gasteiger partial charge >= 0.3 is 5.97 Å². The van der Waals surface area contributed by atoms with Gasteiger partial charge in [-0.15, -0.1) is 0 Å². The van der Waals surface area contributed by atoms with Crippen molar-refractivity contribution in [3.63, 3.8) is 0 Å². The zero-order valence-corrected chi connectivity index (χ0v) is 23.8. The lowest BCUT2D eigenvalue weighted by Gasteiger charge is -2.18. The number of aliphatic hydroxyl groups is 2. The average molecular weight is 551 g/mol. The van der Waals surface area contributed by atoms with E-state index < -0.39 is 12.2 Å². The standard InChI is InChI=1S/C30H46O7S/c1-3-4-5-14-36-15-16-37-30(34)10-7-17-38-18-13-27-26(28(32)21-29(27)33)12-11-25(31)20-23-8-6-9-24(19-23)22-35-2/h6,8-9,11-12,19,25-28,31-32H,3-5,7,10,13-18,20-22H2,1-2H3. The fourth-order valence-corrected chi connectivity index (χ4v) is 5.62. The van der Waals surface area contributed by atoms with Crippen LogP contribution in [0.25, 0.3) is 0 Å². The van der Waals surface area contributed by atoms with Crippen LogP contribution in [-0.2, 0) is 36.8 Å². The number of hydrogen-bond acceptors (Lipinski definition) is 8. The first kappa shape index (κ1) is 32.5. The van der Waals surface area contributed by atoms with E-state index in [0.717, 1.165) is 48.3 Å². The van der Waals surface area contributed by atoms with E-state index in [9.17, 15) is 19.8 Å². The van der Waals surface area contributed by atoms with Crippen molar-refractivity contribution in [2.45, 2.75) is 77.1 Å². The van der Waals surface area contributed by atoms with Crippen molar-refractivity contribution in [3.8, 4) is 0 Å². The van der Waals surface area contributed by atoms with E-state index in [-0.39, 0.29) is 30.0 Å². The van der Waals surface area contributed by atoms with Crippen molar-refractivity contribution < 1.29 is 34.0 Å². The predicted molar refractivity (Wildman–Crippen MR) is 151 cm³/mol. The lowest BCUT2D eigenvalue weighted by molar-refractivity contribution is -0.145. The van der Waals surface area contributed by atoms with Crippen LogP contribution >= 0.6 is 11.8 Å². The van der Waals surface area contributed by atoms with Crippen LogP contribution in [0.4, 0.5) is 0 Å². The summed E-state index contributed by atoms with van der Waals surface area (Å²) in [6, 6.07) is 7.91. The van der Waals surface area contributed by atoms with Crippen molar-refractivity contribution in [3.05, 3.63) is 47.5 Å². The van der Waals surface area contributed by atoms with Gasteiger partial charge in [-0.3, -0.25) is 9.59 Å². The molecule has 8 heteroatoms. The van der Waals surface area contributed by atoms with Gasteiger partial charge in [-0.25, -0.2) is 0 Å². The van der Waals surface area contributed by atoms with Gasteiger partial charge in [0.05, 0.1) is 25.4 Å². The Morgan fingerprint density at radius 2 is 1.97 bits per heavy atom. The molecule has 0 heterocycles. The number of Topliss-reactive ketones (excluding diaryl/α,β-unsaturated/α-hetero) is 1. The second-order valence-electron chi connectivity index (χ2n) is 9.88. The molecule has 0 aliphatic heterocycles. The van der Waals surface area contributed by atoms with E-state index in [1.807, 2.05) is 30.3 Å². The molecule has 0 bridgehead atoms. The third-order valence-electron chi connectivity index (χ3n) is 6.66. The number of aliphatic hydroxyl groups excluding tert-OH is 2. The Labute approximate surface area is 232 Å². The minimum atomic E-state index is -0.712. The minimum Gasteiger partial charge on any atom is -0.463 e. The number of carbonyl (C=O) groups is 2. The number of benzene rings is 1. The molecule has 1 fully saturated rings. The third-order valence-corrected chi connectivity index (χ3v) is 7.76. The van der Waals surface area contributed by atoms with Crippen molar-refractivity contribution >= 4 is 23.5 Å². The molecule has 0 radical (unpaired) electrons. The molecule has 214 valence electrons. The normalized spacial score (nSPS) is 20.3. The summed E-state index contributed by atoms with van der Waals surface area (Å²) in [7, 11) is 1.65. The molecule has 7 nitrogen and oxygen atoms in total. The van der Waals surface area contributed by atoms with E-state index in [4.69, 9.17) is 14.2 Å². The summed E-state index contributed by atoms with van der Waals surface area (Å²) in [5.41, 5.74) is 2.06. The molecule has 4 unspecified atom stereocenters. The summed E-state index contributed by atoms with van der Waals surface area (Å²) < 4.78 is 15.8. The molecular formula is C30H46O7S. The van der Waals surface area contributed by atoms with Crippen LogP contribution in [0.5, 0.6) is 0 Å². The summed E-state index contributed by atoms with van der Waals surface area (Å²) in [5, 5.41) is 21.0. The minimum absolute atomic E-state index is 0.0787. The smallest absolute Gasteiger partial charge is 0.305 e. The number of ketones is 1. The molecule has 0 amide bonds. The Balaban J connectivity index is 1.64. The number of esters is 1. The molecular weight excluding hydrogens is 504 g/mol. The Morgan fingerprint density at radius 1 is 1.16 bits per heavy atom. The molecule has 1 aromatic carbocycles. The van der Waals surface area contributed by atoms with Gasteiger partial charge in [-0.1, -0.05) is 56.2 Å². The highest BCUT2D eigenvalue weighted by Crippen LogP contribution is 2.34. The highest BCUT2D eigenvalue weighted by molar-refractivity contribution is 7.99. The number of methoxy groups -OCH3 is 1. The summed E-state index contributed by atoms with van der Waals surface area (Å²) in [6.07, 6.45) is 7.85. The molecule has 0 aromatic heterocycles. The Kier molecular flexibility index (Phi) is 16.6. The van der Waals surface area contributed by atoms with E-state index in [2.05, 4.69) is 6.92 Å². The number of hydrogen-bond donors (Lipinski definition) is 2. The van der Waals surface area contributed by atoms with Crippen molar-refractivity contribution in [1.82, 2.24) is 0 Å². The monoisotopic (exact) mass is 550 g/mol. The summed E-state index contributed by atoms with van der Waals surface area (Å²) in [4.78, 5) is 24.3. The fourth-order valence-electron chi connectivity index (χ4n) is 4.65. The topological polar surface area (TPSA) is 102 Å². The van der Waals surface area contributed by atoms with E-state index in [1.165, 1.54) is 0 Å². The Hall–Kier alpha value is -1.71. The highest BCUT2D eigenvalue weighted by Gasteiger charge is 2.39. The zero-order valence-electron chi connectivity index (χ0n) is 23.0. The fraction of sp³-hybridized carbons (Fsp3) is 0.667. The van der Waals surface area contributed by atoms with Crippen LogP contribution in [0, 0.1) is 11.8 Å². The quantitative estimate of drug-likeness (QED) is 0.139. The maximum absolute atomic E-state index is 12.5. The van der Waals surface area contributed by atoms with Gasteiger partial charge in [0.25, 0.3) is 0 Å². The van der Waals surface area contributed by atoms with E-state index >= 15 is 0 Å². The third kappa shape index (κ3) is 12.9. The predicted octanol–water partition coefficient (Wildman–Crippen LogP) is 4.51. The van der Waals surface area contributed by atoms with Crippen LogP contribution < -0.4 is 0 Å². The van der Waals surface area contributed by atoms with Crippen molar-refractivity contribution in [1.29, 1.82) is 0 Å². The molecule has 2 rings (SSSR count). The number of unbranched alkanes of at least 4 members (excludes halogenated alkanes) is 2. The SMILES string of the molecule is CCCCCOCCOC(=O)CCCSCCC1C(=O)CC(O)C1C=CC(O)Cc1cccc(COC)c1. The van der Waals surface area contributed by atoms with Gasteiger partial charge < -0.3 is 24.4 Å². The molecule has 38 heavy (non-hydrogen) atoms. The molecule has 2 N–H and O–H groups in total. The van der Waals surface area contributed by atoms with Crippen molar-refractivity contribution in [2.24, 2.45) is 11.8 Å². The molecule has 0 spiro atoms. The van der Waals surface area contributed by atoms with Crippen LogP contribution in [-0.4, -0.2) is 72.6 Å². The zero-order chi connectivity index (χ0) is 27.6. The van der Waals surface area contributed by atoms with E-state index in [0.29, 0.717) is 45.7 Å². The first-order valence-corrected chi connectivity index (χ1v) is 15.0. The van der Waals surface area contributed by atoms with E-state index in [1.54, 1.807) is 24.9 Å². The lowest BCUT2D eigenvalue weighted by Crippen LogP contribution is -2.20. The van der Waals surface area contributed by atoms with Gasteiger partial charge in [-0.2, -0.15) is 11.8 Å². The van der Waals surface area contributed by atoms with Gasteiger partial charge in [-0.05, 0) is 41.9 Å². The molecule has 1 aliphatic rings. The number of rotatable bonds is 20. The van der Waals surface area contributed by atoms with Gasteiger partial charge in [0.2, 0.25) is 0 Å². The van der Waals surface area contributed by atoms with Crippen LogP contribution in [0.1, 0.15) is 63.0 Å². The van der Waals surface area contributed by atoms with Gasteiger partial charge in [0.1, 0.15) is 12.4 Å². The number of carbonyl (C=O) groups excluding carboxylic acids is 2. The Bertz CT molecular complexity index is 844. The molecule has 1 aliphatic carbocycles. The summed E-state index contributed by atoms with van der Waals surface area (Å²) >= 11 is 1.71. The summed E-state index contributed by atoms with van der Waals surface area (Å²) in [5.74, 6) is 0.946. The van der Waals surface area contributed by atoms with Gasteiger partial charge in [0.15, 0.2) is 0 Å². The molecule has 1 saturated carbocycles. The maximum atomic E-state index is 12.5. The lowest BCUT2D eigenvalue weighted by atomic mass is 9.91. The first-order valence-electron chi connectivity index (χ1n) is 13.9. The molecule has 4 atom stereocenters. The summed E-state index contributed by atoms with van der Waals surface area (Å²) in [6.45, 7) is 4.12. The van der Waals surface area contributed by atoms with Gasteiger partial charge in [0, 0.05) is 44.8 Å². The van der Waals surface area contributed by atoms with Crippen LogP contribution in [0.15, 0.2) is 36.4 Å². The second kappa shape index (κ2) is 19.4. The van der Waals surface area contributed by atoms with Crippen molar-refractivity contribution in [2.75, 3.05) is 38.4 Å². The Morgan fingerprint density at radius 3 is 2.76 bits per heavy atom. The first-order chi connectivity index (χ1) is 18.4. The highest BCUT2D eigenvalue weighted by atomic mass is 32.2. The van der Waals surface area contributed by atoms with Crippen LogP contribution in [0.3, 0.4) is 0 Å². The molecule has 0 saturated heterocycles. The largest absolute Gasteiger partial charge is 0.463 e. The van der Waals surface area contributed by atoms with Crippen LogP contribution in [0.2, 0.25) is 0 Å². The maximum Gasteiger partial charge on any atom is 0.305 e. The number of ether oxygens (including phenoxy) is 3.